The quantitative estimate of drug-likeness (QED) is 0.683. The number of halogens is 2. The van der Waals surface area contributed by atoms with Crippen LogP contribution in [0.2, 0.25) is 10.0 Å². The van der Waals surface area contributed by atoms with E-state index < -0.39 is 0 Å². The summed E-state index contributed by atoms with van der Waals surface area (Å²) in [7, 11) is 3.77. The first-order valence-corrected chi connectivity index (χ1v) is 9.27. The molecular formula is C17H16Cl2N4O2S. The van der Waals surface area contributed by atoms with Crippen LogP contribution >= 0.6 is 34.5 Å². The Kier molecular flexibility index (Phi) is 5.34. The van der Waals surface area contributed by atoms with Gasteiger partial charge in [-0.05, 0) is 38.7 Å². The fraction of sp³-hybridized carbons (Fsp3) is 0.235. The molecule has 0 aliphatic rings. The first-order valence-electron chi connectivity index (χ1n) is 7.70. The predicted octanol–water partition coefficient (Wildman–Crippen LogP) is 3.91. The van der Waals surface area contributed by atoms with E-state index in [9.17, 15) is 9.59 Å². The Morgan fingerprint density at radius 3 is 2.77 bits per heavy atom. The van der Waals surface area contributed by atoms with Gasteiger partial charge in [0.2, 0.25) is 0 Å². The van der Waals surface area contributed by atoms with Crippen molar-refractivity contribution in [1.29, 1.82) is 0 Å². The molecule has 0 fully saturated rings. The van der Waals surface area contributed by atoms with Gasteiger partial charge in [0.25, 0.3) is 11.5 Å². The molecule has 0 saturated heterocycles. The number of nitrogens with one attached hydrogen (secondary N) is 2. The van der Waals surface area contributed by atoms with E-state index in [0.717, 1.165) is 0 Å². The number of nitrogens with zero attached hydrogens (tertiary/aromatic N) is 2. The van der Waals surface area contributed by atoms with E-state index in [1.165, 1.54) is 11.3 Å². The van der Waals surface area contributed by atoms with Crippen molar-refractivity contribution in [3.05, 3.63) is 54.9 Å². The third-order valence-electron chi connectivity index (χ3n) is 3.72. The SMILES string of the molecule is Cc1c(C(=O)Nc2cccc(Cl)c2Cl)sc2nc(CN(C)C)[nH]c(=O)c12. The van der Waals surface area contributed by atoms with E-state index in [1.54, 1.807) is 25.1 Å². The largest absolute Gasteiger partial charge is 0.320 e. The number of hydrogen-bond acceptors (Lipinski definition) is 5. The second-order valence-electron chi connectivity index (χ2n) is 6.04. The molecule has 26 heavy (non-hydrogen) atoms. The van der Waals surface area contributed by atoms with Gasteiger partial charge in [-0.15, -0.1) is 11.3 Å². The first kappa shape index (κ1) is 18.8. The molecule has 2 heterocycles. The molecule has 0 aliphatic carbocycles. The predicted molar refractivity (Wildman–Crippen MR) is 107 cm³/mol. The van der Waals surface area contributed by atoms with Crippen molar-refractivity contribution in [3.8, 4) is 0 Å². The number of aromatic nitrogens is 2. The lowest BCUT2D eigenvalue weighted by Gasteiger charge is -2.07. The Morgan fingerprint density at radius 2 is 2.08 bits per heavy atom. The number of amides is 1. The molecule has 0 bridgehead atoms. The Labute approximate surface area is 163 Å². The molecule has 3 rings (SSSR count). The number of fused-ring (bicyclic) bond motifs is 1. The number of hydrogen-bond donors (Lipinski definition) is 2. The Bertz CT molecular complexity index is 1060. The number of anilines is 1. The van der Waals surface area contributed by atoms with Crippen molar-refractivity contribution in [2.45, 2.75) is 13.5 Å². The summed E-state index contributed by atoms with van der Waals surface area (Å²) in [5.74, 6) is 0.196. The van der Waals surface area contributed by atoms with Crippen molar-refractivity contribution in [2.24, 2.45) is 0 Å². The van der Waals surface area contributed by atoms with E-state index >= 15 is 0 Å². The maximum Gasteiger partial charge on any atom is 0.266 e. The van der Waals surface area contributed by atoms with Crippen molar-refractivity contribution < 1.29 is 4.79 Å². The third-order valence-corrected chi connectivity index (χ3v) is 5.72. The molecule has 2 aromatic heterocycles. The highest BCUT2D eigenvalue weighted by Crippen LogP contribution is 2.32. The van der Waals surface area contributed by atoms with Gasteiger partial charge in [0.05, 0.1) is 32.5 Å². The summed E-state index contributed by atoms with van der Waals surface area (Å²) in [5, 5.41) is 3.79. The van der Waals surface area contributed by atoms with Gasteiger partial charge in [0, 0.05) is 0 Å². The maximum absolute atomic E-state index is 12.7. The third kappa shape index (κ3) is 3.61. The second-order valence-corrected chi connectivity index (χ2v) is 7.83. The number of carbonyl (C=O) groups is 1. The maximum atomic E-state index is 12.7. The number of carbonyl (C=O) groups excluding carboxylic acids is 1. The van der Waals surface area contributed by atoms with Gasteiger partial charge in [0.1, 0.15) is 10.7 Å². The highest BCUT2D eigenvalue weighted by Gasteiger charge is 2.20. The Morgan fingerprint density at radius 1 is 1.35 bits per heavy atom. The first-order chi connectivity index (χ1) is 12.3. The zero-order chi connectivity index (χ0) is 19.0. The lowest BCUT2D eigenvalue weighted by Crippen LogP contribution is -2.18. The number of aryl methyl sites for hydroxylation is 1. The summed E-state index contributed by atoms with van der Waals surface area (Å²) in [5.41, 5.74) is 0.752. The van der Waals surface area contributed by atoms with E-state index in [2.05, 4.69) is 15.3 Å². The highest BCUT2D eigenvalue weighted by atomic mass is 35.5. The number of rotatable bonds is 4. The molecule has 0 radical (unpaired) electrons. The van der Waals surface area contributed by atoms with Crippen LogP contribution in [0.1, 0.15) is 21.1 Å². The standard InChI is InChI=1S/C17H16Cl2N4O2S/c1-8-12-15(24)21-11(7-23(2)3)22-17(12)26-14(8)16(25)20-10-6-4-5-9(18)13(10)19/h4-6H,7H2,1-3H3,(H,20,25)(H,21,22,24). The zero-order valence-corrected chi connectivity index (χ0v) is 16.6. The topological polar surface area (TPSA) is 78.1 Å². The normalized spacial score (nSPS) is 11.3. The Balaban J connectivity index is 2.01. The van der Waals surface area contributed by atoms with Crippen molar-refractivity contribution in [3.63, 3.8) is 0 Å². The second kappa shape index (κ2) is 7.36. The molecule has 0 unspecified atom stereocenters. The fourth-order valence-corrected chi connectivity index (χ4v) is 4.00. The van der Waals surface area contributed by atoms with Crippen LogP contribution in [0.15, 0.2) is 23.0 Å². The van der Waals surface area contributed by atoms with Gasteiger partial charge >= 0.3 is 0 Å². The molecule has 1 amide bonds. The molecule has 0 spiro atoms. The monoisotopic (exact) mass is 410 g/mol. The lowest BCUT2D eigenvalue weighted by atomic mass is 10.2. The van der Waals surface area contributed by atoms with Crippen LogP contribution < -0.4 is 10.9 Å². The number of aromatic amines is 1. The minimum Gasteiger partial charge on any atom is -0.320 e. The van der Waals surface area contributed by atoms with Crippen LogP contribution in [0.5, 0.6) is 0 Å². The van der Waals surface area contributed by atoms with E-state index in [4.69, 9.17) is 23.2 Å². The molecule has 0 aliphatic heterocycles. The van der Waals surface area contributed by atoms with Gasteiger partial charge in [-0.3, -0.25) is 9.59 Å². The van der Waals surface area contributed by atoms with Crippen molar-refractivity contribution >= 4 is 56.3 Å². The minimum atomic E-state index is -0.358. The number of benzene rings is 1. The molecule has 9 heteroatoms. The summed E-state index contributed by atoms with van der Waals surface area (Å²) < 4.78 is 0. The van der Waals surface area contributed by atoms with Crippen molar-refractivity contribution in [2.75, 3.05) is 19.4 Å². The molecular weight excluding hydrogens is 395 g/mol. The van der Waals surface area contributed by atoms with Crippen molar-refractivity contribution in [1.82, 2.24) is 14.9 Å². The van der Waals surface area contributed by atoms with E-state index in [-0.39, 0.29) is 16.5 Å². The molecule has 2 N–H and O–H groups in total. The number of H-pyrrole nitrogens is 1. The average molecular weight is 411 g/mol. The van der Waals surface area contributed by atoms with Crippen LogP contribution in [-0.4, -0.2) is 34.9 Å². The van der Waals surface area contributed by atoms with Crippen LogP contribution in [0.4, 0.5) is 5.69 Å². The molecule has 136 valence electrons. The van der Waals surface area contributed by atoms with Crippen LogP contribution in [-0.2, 0) is 6.54 Å². The Hall–Kier alpha value is -1.93. The zero-order valence-electron chi connectivity index (χ0n) is 14.3. The van der Waals surface area contributed by atoms with Crippen LogP contribution in [0.3, 0.4) is 0 Å². The molecule has 1 aromatic carbocycles. The molecule has 3 aromatic rings. The van der Waals surface area contributed by atoms with Gasteiger partial charge in [-0.25, -0.2) is 4.98 Å². The summed E-state index contributed by atoms with van der Waals surface area (Å²) in [6.45, 7) is 2.23. The fourth-order valence-electron chi connectivity index (χ4n) is 2.56. The molecule has 6 nitrogen and oxygen atoms in total. The van der Waals surface area contributed by atoms with Gasteiger partial charge in [0.15, 0.2) is 0 Å². The highest BCUT2D eigenvalue weighted by molar-refractivity contribution is 7.20. The average Bonchev–Trinajstić information content (AvgIpc) is 2.88. The summed E-state index contributed by atoms with van der Waals surface area (Å²) in [4.78, 5) is 35.2. The summed E-state index contributed by atoms with van der Waals surface area (Å²) in [6, 6.07) is 5.00. The summed E-state index contributed by atoms with van der Waals surface area (Å²) in [6.07, 6.45) is 0. The van der Waals surface area contributed by atoms with E-state index in [1.807, 2.05) is 19.0 Å². The summed E-state index contributed by atoms with van der Waals surface area (Å²) >= 11 is 13.3. The lowest BCUT2D eigenvalue weighted by molar-refractivity contribution is 0.103. The van der Waals surface area contributed by atoms with Gasteiger partial charge in [-0.1, -0.05) is 29.3 Å². The van der Waals surface area contributed by atoms with Gasteiger partial charge < -0.3 is 15.2 Å². The molecule has 0 atom stereocenters. The van der Waals surface area contributed by atoms with Gasteiger partial charge in [-0.2, -0.15) is 0 Å². The smallest absolute Gasteiger partial charge is 0.266 e. The number of thiophene rings is 1. The van der Waals surface area contributed by atoms with E-state index in [0.29, 0.717) is 43.7 Å². The van der Waals surface area contributed by atoms with Crippen LogP contribution in [0, 0.1) is 6.92 Å². The minimum absolute atomic E-state index is 0.250. The van der Waals surface area contributed by atoms with Crippen LogP contribution in [0.25, 0.3) is 10.2 Å². The molecule has 0 saturated carbocycles.